The number of hydrogen-bond acceptors (Lipinski definition) is 2. The van der Waals surface area contributed by atoms with Crippen LogP contribution in [0.1, 0.15) is 23.5 Å². The van der Waals surface area contributed by atoms with Crippen molar-refractivity contribution in [3.8, 4) is 0 Å². The highest BCUT2D eigenvalue weighted by Crippen LogP contribution is 2.39. The molecule has 0 amide bonds. The van der Waals surface area contributed by atoms with Crippen molar-refractivity contribution in [2.24, 2.45) is 0 Å². The largest absolute Gasteiger partial charge is 0.381 e. The molecule has 74 valence electrons. The average molecular weight is 189 g/mol. The molecule has 2 unspecified atom stereocenters. The summed E-state index contributed by atoms with van der Waals surface area (Å²) in [5.41, 5.74) is 4.10. The van der Waals surface area contributed by atoms with Crippen molar-refractivity contribution in [2.45, 2.75) is 25.3 Å². The fourth-order valence-electron chi connectivity index (χ4n) is 2.54. The fourth-order valence-corrected chi connectivity index (χ4v) is 2.54. The summed E-state index contributed by atoms with van der Waals surface area (Å²) in [6.07, 6.45) is 1.14. The molecule has 0 saturated carbocycles. The number of benzene rings is 1. The number of rotatable bonds is 0. The van der Waals surface area contributed by atoms with Crippen LogP contribution in [-0.4, -0.2) is 19.3 Å². The van der Waals surface area contributed by atoms with Gasteiger partial charge < -0.3 is 10.1 Å². The molecule has 3 rings (SSSR count). The molecule has 2 aliphatic heterocycles. The summed E-state index contributed by atoms with van der Waals surface area (Å²) < 4.78 is 5.53. The average Bonchev–Trinajstić information content (AvgIpc) is 2.54. The molecule has 2 heterocycles. The molecule has 0 bridgehead atoms. The highest BCUT2D eigenvalue weighted by molar-refractivity contribution is 5.61. The second-order valence-electron chi connectivity index (χ2n) is 4.31. The van der Waals surface area contributed by atoms with Crippen LogP contribution < -0.4 is 5.32 Å². The molecule has 0 aliphatic carbocycles. The van der Waals surface area contributed by atoms with Crippen LogP contribution in [0.5, 0.6) is 0 Å². The third-order valence-electron chi connectivity index (χ3n) is 3.31. The molecule has 1 N–H and O–H groups in total. The van der Waals surface area contributed by atoms with E-state index in [2.05, 4.69) is 30.4 Å². The zero-order valence-corrected chi connectivity index (χ0v) is 8.42. The van der Waals surface area contributed by atoms with Gasteiger partial charge in [0.25, 0.3) is 0 Å². The van der Waals surface area contributed by atoms with E-state index in [4.69, 9.17) is 4.74 Å². The topological polar surface area (TPSA) is 21.3 Å². The first-order valence-electron chi connectivity index (χ1n) is 5.29. The van der Waals surface area contributed by atoms with E-state index < -0.39 is 0 Å². The van der Waals surface area contributed by atoms with E-state index in [0.717, 1.165) is 19.6 Å². The van der Waals surface area contributed by atoms with Crippen LogP contribution in [0.15, 0.2) is 18.2 Å². The predicted molar refractivity (Wildman–Crippen MR) is 56.8 cm³/mol. The van der Waals surface area contributed by atoms with Crippen LogP contribution in [0.3, 0.4) is 0 Å². The van der Waals surface area contributed by atoms with E-state index in [9.17, 15) is 0 Å². The van der Waals surface area contributed by atoms with E-state index in [1.54, 1.807) is 0 Å². The van der Waals surface area contributed by atoms with Crippen molar-refractivity contribution in [2.75, 3.05) is 18.5 Å². The number of anilines is 1. The summed E-state index contributed by atoms with van der Waals surface area (Å²) in [5.74, 6) is 0.583. The quantitative estimate of drug-likeness (QED) is 0.676. The molecule has 1 saturated heterocycles. The van der Waals surface area contributed by atoms with E-state index in [1.165, 1.54) is 16.8 Å². The second-order valence-corrected chi connectivity index (χ2v) is 4.31. The van der Waals surface area contributed by atoms with Gasteiger partial charge in [-0.15, -0.1) is 0 Å². The molecule has 0 spiro atoms. The van der Waals surface area contributed by atoms with Crippen LogP contribution in [0.4, 0.5) is 5.69 Å². The molecular weight excluding hydrogens is 174 g/mol. The van der Waals surface area contributed by atoms with Gasteiger partial charge in [-0.3, -0.25) is 0 Å². The molecule has 14 heavy (non-hydrogen) atoms. The van der Waals surface area contributed by atoms with E-state index in [-0.39, 0.29) is 0 Å². The van der Waals surface area contributed by atoms with Gasteiger partial charge in [0.1, 0.15) is 0 Å². The summed E-state index contributed by atoms with van der Waals surface area (Å²) in [6.45, 7) is 3.93. The SMILES string of the molecule is Cc1ccc2c(c1)NC1CCOCC21. The fraction of sp³-hybridized carbons (Fsp3) is 0.500. The third-order valence-corrected chi connectivity index (χ3v) is 3.31. The van der Waals surface area contributed by atoms with Crippen LogP contribution in [-0.2, 0) is 4.74 Å². The van der Waals surface area contributed by atoms with Gasteiger partial charge in [-0.1, -0.05) is 12.1 Å². The Hall–Kier alpha value is -1.02. The number of ether oxygens (including phenoxy) is 1. The van der Waals surface area contributed by atoms with Gasteiger partial charge in [0.05, 0.1) is 6.61 Å². The Morgan fingerprint density at radius 1 is 1.43 bits per heavy atom. The molecule has 1 aromatic rings. The minimum atomic E-state index is 0.583. The molecule has 2 heteroatoms. The smallest absolute Gasteiger partial charge is 0.0555 e. The van der Waals surface area contributed by atoms with E-state index in [0.29, 0.717) is 12.0 Å². The summed E-state index contributed by atoms with van der Waals surface area (Å²) in [6, 6.07) is 7.29. The lowest BCUT2D eigenvalue weighted by molar-refractivity contribution is 0.0769. The first-order chi connectivity index (χ1) is 6.84. The molecular formula is C12H15NO. The Morgan fingerprint density at radius 3 is 3.29 bits per heavy atom. The molecule has 2 aliphatic rings. The lowest BCUT2D eigenvalue weighted by atomic mass is 9.92. The minimum absolute atomic E-state index is 0.583. The van der Waals surface area contributed by atoms with Gasteiger partial charge in [-0.25, -0.2) is 0 Å². The van der Waals surface area contributed by atoms with Crippen molar-refractivity contribution in [3.05, 3.63) is 29.3 Å². The van der Waals surface area contributed by atoms with Crippen LogP contribution in [0.25, 0.3) is 0 Å². The molecule has 2 atom stereocenters. The zero-order valence-electron chi connectivity index (χ0n) is 8.42. The van der Waals surface area contributed by atoms with Crippen molar-refractivity contribution < 1.29 is 4.74 Å². The summed E-state index contributed by atoms with van der Waals surface area (Å²) in [4.78, 5) is 0. The Bertz CT molecular complexity index is 361. The van der Waals surface area contributed by atoms with Crippen LogP contribution in [0.2, 0.25) is 0 Å². The highest BCUT2D eigenvalue weighted by atomic mass is 16.5. The lowest BCUT2D eigenvalue weighted by Gasteiger charge is -2.25. The normalized spacial score (nSPS) is 29.2. The van der Waals surface area contributed by atoms with Crippen LogP contribution >= 0.6 is 0 Å². The van der Waals surface area contributed by atoms with E-state index >= 15 is 0 Å². The Labute approximate surface area is 84.3 Å². The first kappa shape index (κ1) is 8.30. The standard InChI is InChI=1S/C12H15NO/c1-8-2-3-9-10-7-14-5-4-11(10)13-12(9)6-8/h2-3,6,10-11,13H,4-5,7H2,1H3. The minimum Gasteiger partial charge on any atom is -0.381 e. The molecule has 1 fully saturated rings. The highest BCUT2D eigenvalue weighted by Gasteiger charge is 2.34. The van der Waals surface area contributed by atoms with E-state index in [1.807, 2.05) is 0 Å². The van der Waals surface area contributed by atoms with Crippen molar-refractivity contribution >= 4 is 5.69 Å². The molecule has 2 nitrogen and oxygen atoms in total. The van der Waals surface area contributed by atoms with Gasteiger partial charge in [0.15, 0.2) is 0 Å². The zero-order chi connectivity index (χ0) is 9.54. The van der Waals surface area contributed by atoms with Gasteiger partial charge >= 0.3 is 0 Å². The lowest BCUT2D eigenvalue weighted by Crippen LogP contribution is -2.30. The molecule has 1 aromatic carbocycles. The van der Waals surface area contributed by atoms with Gasteiger partial charge in [0.2, 0.25) is 0 Å². The van der Waals surface area contributed by atoms with Crippen LogP contribution in [0, 0.1) is 6.92 Å². The third kappa shape index (κ3) is 1.14. The molecule has 0 radical (unpaired) electrons. The summed E-state index contributed by atoms with van der Waals surface area (Å²) in [7, 11) is 0. The number of fused-ring (bicyclic) bond motifs is 3. The molecule has 0 aromatic heterocycles. The van der Waals surface area contributed by atoms with Crippen molar-refractivity contribution in [3.63, 3.8) is 0 Å². The Morgan fingerprint density at radius 2 is 2.36 bits per heavy atom. The predicted octanol–water partition coefficient (Wildman–Crippen LogP) is 2.29. The van der Waals surface area contributed by atoms with Crippen molar-refractivity contribution in [1.82, 2.24) is 0 Å². The maximum Gasteiger partial charge on any atom is 0.0555 e. The second kappa shape index (κ2) is 2.99. The van der Waals surface area contributed by atoms with Gasteiger partial charge in [0, 0.05) is 24.3 Å². The number of aryl methyl sites for hydroxylation is 1. The maximum absolute atomic E-state index is 5.53. The number of hydrogen-bond donors (Lipinski definition) is 1. The maximum atomic E-state index is 5.53. The first-order valence-corrected chi connectivity index (χ1v) is 5.29. The monoisotopic (exact) mass is 189 g/mol. The van der Waals surface area contributed by atoms with Gasteiger partial charge in [-0.05, 0) is 30.5 Å². The number of nitrogens with one attached hydrogen (secondary N) is 1. The van der Waals surface area contributed by atoms with Crippen molar-refractivity contribution in [1.29, 1.82) is 0 Å². The van der Waals surface area contributed by atoms with Gasteiger partial charge in [-0.2, -0.15) is 0 Å². The summed E-state index contributed by atoms with van der Waals surface area (Å²) >= 11 is 0. The Kier molecular flexibility index (Phi) is 1.77. The Balaban J connectivity index is 2.01. The summed E-state index contributed by atoms with van der Waals surface area (Å²) in [5, 5.41) is 3.60.